The van der Waals surface area contributed by atoms with E-state index in [4.69, 9.17) is 4.42 Å². The van der Waals surface area contributed by atoms with Crippen LogP contribution in [-0.2, 0) is 9.59 Å². The first-order valence-corrected chi connectivity index (χ1v) is 11.0. The van der Waals surface area contributed by atoms with Gasteiger partial charge in [0.2, 0.25) is 5.91 Å². The summed E-state index contributed by atoms with van der Waals surface area (Å²) in [4.78, 5) is 30.6. The van der Waals surface area contributed by atoms with Gasteiger partial charge in [-0.2, -0.15) is 5.10 Å². The van der Waals surface area contributed by atoms with Crippen LogP contribution in [0.3, 0.4) is 0 Å². The Kier molecular flexibility index (Phi) is 5.17. The highest BCUT2D eigenvalue weighted by Gasteiger charge is 2.40. The Bertz CT molecular complexity index is 1100. The molecule has 0 aliphatic carbocycles. The Morgan fingerprint density at radius 2 is 2.00 bits per heavy atom. The van der Waals surface area contributed by atoms with Gasteiger partial charge < -0.3 is 9.32 Å². The first-order chi connectivity index (χ1) is 15.1. The second kappa shape index (κ2) is 8.13. The second-order valence-corrected chi connectivity index (χ2v) is 8.67. The molecular formula is C23H22N4O3S. The van der Waals surface area contributed by atoms with E-state index in [1.54, 1.807) is 34.6 Å². The van der Waals surface area contributed by atoms with Crippen molar-refractivity contribution in [3.8, 4) is 0 Å². The maximum atomic E-state index is 13.4. The predicted octanol–water partition coefficient (Wildman–Crippen LogP) is 3.49. The number of rotatable bonds is 5. The number of hydrazone groups is 1. The van der Waals surface area contributed by atoms with E-state index in [0.29, 0.717) is 12.2 Å². The van der Waals surface area contributed by atoms with Crippen LogP contribution >= 0.6 is 11.3 Å². The quantitative estimate of drug-likeness (QED) is 0.616. The summed E-state index contributed by atoms with van der Waals surface area (Å²) in [6, 6.07) is 17.3. The average molecular weight is 435 g/mol. The van der Waals surface area contributed by atoms with Gasteiger partial charge in [-0.25, -0.2) is 5.01 Å². The molecule has 4 heterocycles. The third kappa shape index (κ3) is 3.68. The number of hydrogen-bond donors (Lipinski definition) is 0. The van der Waals surface area contributed by atoms with Crippen LogP contribution in [0, 0.1) is 0 Å². The van der Waals surface area contributed by atoms with Gasteiger partial charge in [0.15, 0.2) is 0 Å². The number of hydrogen-bond acceptors (Lipinski definition) is 6. The van der Waals surface area contributed by atoms with E-state index in [0.717, 1.165) is 16.2 Å². The van der Waals surface area contributed by atoms with Crippen LogP contribution in [-0.4, -0.2) is 52.5 Å². The van der Waals surface area contributed by atoms with E-state index in [1.165, 1.54) is 0 Å². The van der Waals surface area contributed by atoms with Gasteiger partial charge in [0.1, 0.15) is 17.6 Å². The molecule has 0 N–H and O–H groups in total. The van der Waals surface area contributed by atoms with Crippen molar-refractivity contribution >= 4 is 28.9 Å². The molecule has 0 radical (unpaired) electrons. The van der Waals surface area contributed by atoms with E-state index < -0.39 is 0 Å². The third-order valence-electron chi connectivity index (χ3n) is 5.72. The Hall–Kier alpha value is -3.23. The van der Waals surface area contributed by atoms with Crippen LogP contribution in [0.4, 0.5) is 0 Å². The number of carbonyl (C=O) groups is 2. The molecule has 0 saturated carbocycles. The molecule has 2 aromatic heterocycles. The minimum atomic E-state index is -0.269. The lowest BCUT2D eigenvalue weighted by atomic mass is 10.1. The Morgan fingerprint density at radius 3 is 2.71 bits per heavy atom. The highest BCUT2D eigenvalue weighted by atomic mass is 32.1. The Labute approximate surface area is 184 Å². The summed E-state index contributed by atoms with van der Waals surface area (Å²) in [5.74, 6) is 0.539. The van der Waals surface area contributed by atoms with Crippen molar-refractivity contribution in [1.82, 2.24) is 14.8 Å². The molecule has 1 fully saturated rings. The van der Waals surface area contributed by atoms with Gasteiger partial charge in [-0.1, -0.05) is 36.4 Å². The van der Waals surface area contributed by atoms with Crippen molar-refractivity contribution in [2.45, 2.75) is 18.6 Å². The maximum absolute atomic E-state index is 13.4. The minimum absolute atomic E-state index is 0.00217. The van der Waals surface area contributed by atoms with Gasteiger partial charge in [-0.15, -0.1) is 11.3 Å². The minimum Gasteiger partial charge on any atom is -0.463 e. The number of thiophene rings is 1. The molecule has 1 aromatic carbocycles. The molecule has 2 aliphatic rings. The lowest BCUT2D eigenvalue weighted by molar-refractivity contribution is -0.134. The van der Waals surface area contributed by atoms with Gasteiger partial charge >= 0.3 is 0 Å². The van der Waals surface area contributed by atoms with Gasteiger partial charge in [0.05, 0.1) is 25.4 Å². The number of amides is 2. The van der Waals surface area contributed by atoms with Crippen LogP contribution < -0.4 is 0 Å². The molecule has 0 spiro atoms. The summed E-state index contributed by atoms with van der Waals surface area (Å²) >= 11 is 1.61. The van der Waals surface area contributed by atoms with Gasteiger partial charge in [0, 0.05) is 18.3 Å². The fraction of sp³-hybridized carbons (Fsp3) is 0.261. The van der Waals surface area contributed by atoms with Crippen molar-refractivity contribution in [1.29, 1.82) is 0 Å². The first kappa shape index (κ1) is 19.7. The molecule has 8 heteroatoms. The molecule has 1 saturated heterocycles. The number of furan rings is 1. The number of likely N-dealkylation sites (N-methyl/N-ethyl adjacent to an activating group) is 1. The Balaban J connectivity index is 1.41. The van der Waals surface area contributed by atoms with E-state index in [9.17, 15) is 9.59 Å². The second-order valence-electron chi connectivity index (χ2n) is 7.69. The van der Waals surface area contributed by atoms with E-state index in [-0.39, 0.29) is 37.1 Å². The monoisotopic (exact) mass is 434 g/mol. The summed E-state index contributed by atoms with van der Waals surface area (Å²) in [6.45, 7) is 0.306. The van der Waals surface area contributed by atoms with Crippen LogP contribution in [0.25, 0.3) is 0 Å². The summed E-state index contributed by atoms with van der Waals surface area (Å²) in [7, 11) is 1.78. The normalized spacial score (nSPS) is 21.7. The maximum Gasteiger partial charge on any atom is 0.257 e. The summed E-state index contributed by atoms with van der Waals surface area (Å²) in [5.41, 5.74) is 1.74. The van der Waals surface area contributed by atoms with Crippen molar-refractivity contribution < 1.29 is 14.0 Å². The van der Waals surface area contributed by atoms with Crippen LogP contribution in [0.2, 0.25) is 0 Å². The van der Waals surface area contributed by atoms with Gasteiger partial charge in [0.25, 0.3) is 5.91 Å². The van der Waals surface area contributed by atoms with Crippen LogP contribution in [0.1, 0.15) is 34.8 Å². The smallest absolute Gasteiger partial charge is 0.257 e. The highest BCUT2D eigenvalue weighted by molar-refractivity contribution is 7.10. The molecule has 0 bridgehead atoms. The Morgan fingerprint density at radius 1 is 1.16 bits per heavy atom. The number of carbonyl (C=O) groups excluding carboxylic acids is 2. The zero-order valence-corrected chi connectivity index (χ0v) is 17.9. The van der Waals surface area contributed by atoms with Crippen molar-refractivity contribution in [3.05, 3.63) is 82.4 Å². The molecule has 158 valence electrons. The molecule has 2 atom stereocenters. The molecular weight excluding hydrogens is 412 g/mol. The fourth-order valence-corrected chi connectivity index (χ4v) is 5.05. The SMILES string of the molecule is CN1C(=O)CN(CC(=O)N2N=C(c3ccco3)C[C@H]2c2cccs2)[C@@H]1c1ccccc1. The topological polar surface area (TPSA) is 69.4 Å². The van der Waals surface area contributed by atoms with Crippen molar-refractivity contribution in [2.75, 3.05) is 20.1 Å². The first-order valence-electron chi connectivity index (χ1n) is 10.1. The summed E-state index contributed by atoms with van der Waals surface area (Å²) in [5, 5.41) is 8.20. The van der Waals surface area contributed by atoms with Crippen LogP contribution in [0.5, 0.6) is 0 Å². The van der Waals surface area contributed by atoms with E-state index in [1.807, 2.05) is 64.9 Å². The zero-order chi connectivity index (χ0) is 21.4. The third-order valence-corrected chi connectivity index (χ3v) is 6.70. The summed E-state index contributed by atoms with van der Waals surface area (Å²) in [6.07, 6.45) is 1.94. The predicted molar refractivity (Wildman–Crippen MR) is 117 cm³/mol. The average Bonchev–Trinajstić information content (AvgIpc) is 3.57. The number of nitrogens with zero attached hydrogens (tertiary/aromatic N) is 4. The standard InChI is InChI=1S/C23H22N4O3S/c1-25-21(28)14-26(23(25)16-7-3-2-4-8-16)15-22(29)27-18(20-10-6-12-31-20)13-17(24-27)19-9-5-11-30-19/h2-12,18,23H,13-15H2,1H3/t18-,23+/m0/s1. The molecule has 31 heavy (non-hydrogen) atoms. The van der Waals surface area contributed by atoms with Gasteiger partial charge in [-0.3, -0.25) is 14.5 Å². The molecule has 7 nitrogen and oxygen atoms in total. The molecule has 2 amide bonds. The zero-order valence-electron chi connectivity index (χ0n) is 17.0. The van der Waals surface area contributed by atoms with Gasteiger partial charge in [-0.05, 0) is 29.1 Å². The molecule has 2 aliphatic heterocycles. The van der Waals surface area contributed by atoms with Crippen molar-refractivity contribution in [3.63, 3.8) is 0 Å². The lowest BCUT2D eigenvalue weighted by Crippen LogP contribution is -2.39. The van der Waals surface area contributed by atoms with Crippen LogP contribution in [0.15, 0.2) is 75.8 Å². The fourth-order valence-electron chi connectivity index (χ4n) is 4.24. The number of benzene rings is 1. The van der Waals surface area contributed by atoms with E-state index in [2.05, 4.69) is 5.10 Å². The highest BCUT2D eigenvalue weighted by Crippen LogP contribution is 2.36. The lowest BCUT2D eigenvalue weighted by Gasteiger charge is -2.29. The molecule has 5 rings (SSSR count). The van der Waals surface area contributed by atoms with Crippen molar-refractivity contribution in [2.24, 2.45) is 5.10 Å². The summed E-state index contributed by atoms with van der Waals surface area (Å²) < 4.78 is 5.52. The largest absolute Gasteiger partial charge is 0.463 e. The molecule has 0 unspecified atom stereocenters. The van der Waals surface area contributed by atoms with E-state index >= 15 is 0 Å². The molecule has 3 aromatic rings.